The van der Waals surface area contributed by atoms with Crippen molar-refractivity contribution in [2.24, 2.45) is 0 Å². The van der Waals surface area contributed by atoms with E-state index in [2.05, 4.69) is 155 Å². The number of fused-ring (bicyclic) bond motifs is 7. The third-order valence-electron chi connectivity index (χ3n) is 16.7. The normalized spacial score (nSPS) is 13.3. The first-order chi connectivity index (χ1) is 39.0. The lowest BCUT2D eigenvalue weighted by atomic mass is 9.80. The number of benzene rings is 11. The van der Waals surface area contributed by atoms with E-state index < -0.39 is 5.41 Å². The largest absolute Gasteiger partial charge is 0.308 e. The molecule has 0 unspecified atom stereocenters. The second-order valence-electron chi connectivity index (χ2n) is 22.2. The van der Waals surface area contributed by atoms with Crippen LogP contribution in [0, 0.1) is 11.6 Å². The molecule has 384 valence electrons. The maximum atomic E-state index is 16.3. The number of hydrogen-bond donors (Lipinski definition) is 0. The van der Waals surface area contributed by atoms with Crippen LogP contribution < -0.4 is 9.80 Å². The molecule has 0 radical (unpaired) electrons. The third kappa shape index (κ3) is 8.03. The van der Waals surface area contributed by atoms with Crippen LogP contribution in [-0.4, -0.2) is 4.98 Å². The first-order valence-electron chi connectivity index (χ1n) is 27.4. The zero-order valence-electron chi connectivity index (χ0n) is 44.9. The molecule has 11 aromatic carbocycles. The summed E-state index contributed by atoms with van der Waals surface area (Å²) in [6, 6.07) is 88.6. The number of nitrogens with zero attached hydrogens (tertiary/aromatic N) is 3. The first kappa shape index (κ1) is 48.6. The summed E-state index contributed by atoms with van der Waals surface area (Å²) in [4.78, 5) is 9.70. The lowest BCUT2D eigenvalue weighted by Crippen LogP contribution is -2.19. The van der Waals surface area contributed by atoms with Gasteiger partial charge in [-0.1, -0.05) is 204 Å². The van der Waals surface area contributed by atoms with Gasteiger partial charge in [0.2, 0.25) is 0 Å². The second-order valence-corrected chi connectivity index (χ2v) is 22.2. The highest BCUT2D eigenvalue weighted by Gasteiger charge is 2.43. The molecule has 1 aromatic heterocycles. The summed E-state index contributed by atoms with van der Waals surface area (Å²) >= 11 is 0. The van der Waals surface area contributed by atoms with Crippen LogP contribution in [0.1, 0.15) is 50.1 Å². The molecule has 2 aliphatic rings. The molecule has 0 spiro atoms. The van der Waals surface area contributed by atoms with E-state index in [1.54, 1.807) is 12.1 Å². The topological polar surface area (TPSA) is 19.4 Å². The van der Waals surface area contributed by atoms with Crippen molar-refractivity contribution >= 4 is 44.9 Å². The molecule has 80 heavy (non-hydrogen) atoms. The van der Waals surface area contributed by atoms with Gasteiger partial charge in [-0.25, -0.2) is 8.78 Å². The Kier molecular flexibility index (Phi) is 11.6. The van der Waals surface area contributed by atoms with Gasteiger partial charge in [0.05, 0.1) is 22.8 Å². The van der Waals surface area contributed by atoms with Crippen molar-refractivity contribution in [2.45, 2.75) is 38.5 Å². The molecule has 1 heterocycles. The van der Waals surface area contributed by atoms with E-state index in [4.69, 9.17) is 4.98 Å². The SMILES string of the molecule is CC1(C)c2cc(-c3ccc(-c4ccc(N(c5ccccc5)c5cc(-c6ccccc6)ccc5F)cc4)c4ccccc34)ccc2-c2nc3c(cc21)-c1ccc(N(c2ccccc2)c2cc(-c4ccccc4)ccc2F)cc1C3(C)C. The van der Waals surface area contributed by atoms with Crippen LogP contribution in [0.25, 0.3) is 77.7 Å². The molecule has 12 aromatic rings. The number of anilines is 6. The Hall–Kier alpha value is -9.71. The highest BCUT2D eigenvalue weighted by molar-refractivity contribution is 6.05. The van der Waals surface area contributed by atoms with Gasteiger partial charge in [0.1, 0.15) is 11.6 Å². The van der Waals surface area contributed by atoms with Crippen LogP contribution in [0.15, 0.2) is 261 Å². The number of hydrogen-bond acceptors (Lipinski definition) is 3. The molecule has 0 amide bonds. The number of aromatic nitrogens is 1. The standard InChI is InChI=1S/C75H55F2N3/c1-74(2)65-43-53(59-40-39-58(60-27-17-18-28-61(59)60)50-29-34-56(35-30-50)79(54-23-13-7-14-24-54)70-44-51(32-41-68(70)76)48-19-9-5-10-20-48)31-37-63(65)72-67(74)47-64-62-38-36-57(46-66(62)75(3,4)73(64)78-72)80(55-25-15-8-16-26-55)71-45-52(33-42-69(71)77)49-21-11-6-12-22-49/h5-47H,1-4H3. The van der Waals surface area contributed by atoms with Gasteiger partial charge in [-0.15, -0.1) is 0 Å². The third-order valence-corrected chi connectivity index (χ3v) is 16.7. The summed E-state index contributed by atoms with van der Waals surface area (Å²) < 4.78 is 32.3. The molecule has 2 aliphatic carbocycles. The minimum atomic E-state index is -0.440. The van der Waals surface area contributed by atoms with E-state index in [0.717, 1.165) is 106 Å². The van der Waals surface area contributed by atoms with E-state index in [1.165, 1.54) is 16.5 Å². The average molecular weight is 1040 g/mol. The molecule has 0 saturated carbocycles. The Morgan fingerprint density at radius 1 is 0.300 bits per heavy atom. The van der Waals surface area contributed by atoms with Crippen LogP contribution in [0.4, 0.5) is 42.9 Å². The molecule has 5 heteroatoms. The molecular formula is C75H55F2N3. The quantitative estimate of drug-likeness (QED) is 0.136. The van der Waals surface area contributed by atoms with Gasteiger partial charge >= 0.3 is 0 Å². The Morgan fingerprint density at radius 2 is 0.725 bits per heavy atom. The second kappa shape index (κ2) is 19.0. The number of pyridine rings is 1. The van der Waals surface area contributed by atoms with E-state index in [9.17, 15) is 0 Å². The van der Waals surface area contributed by atoms with Crippen molar-refractivity contribution in [3.05, 3.63) is 295 Å². The monoisotopic (exact) mass is 1040 g/mol. The van der Waals surface area contributed by atoms with E-state index in [-0.39, 0.29) is 17.0 Å². The Balaban J connectivity index is 0.794. The predicted molar refractivity (Wildman–Crippen MR) is 328 cm³/mol. The highest BCUT2D eigenvalue weighted by atomic mass is 19.1. The molecule has 14 rings (SSSR count). The summed E-state index contributed by atoms with van der Waals surface area (Å²) in [7, 11) is 0. The van der Waals surface area contributed by atoms with Gasteiger partial charge in [-0.3, -0.25) is 4.98 Å². The molecule has 0 N–H and O–H groups in total. The average Bonchev–Trinajstić information content (AvgIpc) is 3.96. The van der Waals surface area contributed by atoms with Crippen LogP contribution in [0.2, 0.25) is 0 Å². The Labute approximate surface area is 466 Å². The minimum Gasteiger partial charge on any atom is -0.308 e. The molecule has 0 saturated heterocycles. The summed E-state index contributed by atoms with van der Waals surface area (Å²) in [6.07, 6.45) is 0. The molecule has 0 fully saturated rings. The smallest absolute Gasteiger partial charge is 0.147 e. The van der Waals surface area contributed by atoms with Crippen molar-refractivity contribution < 1.29 is 8.78 Å². The summed E-state index contributed by atoms with van der Waals surface area (Å²) in [5.41, 5.74) is 21.3. The fourth-order valence-electron chi connectivity index (χ4n) is 12.6. The minimum absolute atomic E-state index is 0.292. The van der Waals surface area contributed by atoms with E-state index >= 15 is 8.78 Å². The van der Waals surface area contributed by atoms with Crippen LogP contribution >= 0.6 is 0 Å². The molecule has 3 nitrogen and oxygen atoms in total. The van der Waals surface area contributed by atoms with Crippen molar-refractivity contribution in [3.63, 3.8) is 0 Å². The Bertz CT molecular complexity index is 4360. The molecule has 0 atom stereocenters. The van der Waals surface area contributed by atoms with Gasteiger partial charge in [0.25, 0.3) is 0 Å². The van der Waals surface area contributed by atoms with E-state index in [1.807, 2.05) is 131 Å². The van der Waals surface area contributed by atoms with Gasteiger partial charge in [0, 0.05) is 44.7 Å². The van der Waals surface area contributed by atoms with Crippen molar-refractivity contribution in [2.75, 3.05) is 9.80 Å². The summed E-state index contributed by atoms with van der Waals surface area (Å²) in [5, 5.41) is 2.32. The fourth-order valence-corrected chi connectivity index (χ4v) is 12.6. The van der Waals surface area contributed by atoms with Crippen molar-refractivity contribution in [3.8, 4) is 66.9 Å². The van der Waals surface area contributed by atoms with Crippen LogP contribution in [-0.2, 0) is 10.8 Å². The lowest BCUT2D eigenvalue weighted by Gasteiger charge is -2.28. The number of rotatable bonds is 10. The van der Waals surface area contributed by atoms with Gasteiger partial charge in [-0.05, 0) is 162 Å². The van der Waals surface area contributed by atoms with E-state index in [0.29, 0.717) is 11.4 Å². The zero-order valence-corrected chi connectivity index (χ0v) is 44.9. The maximum Gasteiger partial charge on any atom is 0.147 e. The summed E-state index contributed by atoms with van der Waals surface area (Å²) in [6.45, 7) is 9.19. The van der Waals surface area contributed by atoms with Crippen LogP contribution in [0.3, 0.4) is 0 Å². The Morgan fingerprint density at radius 3 is 1.29 bits per heavy atom. The van der Waals surface area contributed by atoms with Gasteiger partial charge in [-0.2, -0.15) is 0 Å². The van der Waals surface area contributed by atoms with Crippen molar-refractivity contribution in [1.82, 2.24) is 4.98 Å². The maximum absolute atomic E-state index is 16.3. The zero-order chi connectivity index (χ0) is 54.3. The number of para-hydroxylation sites is 2. The highest BCUT2D eigenvalue weighted by Crippen LogP contribution is 2.56. The van der Waals surface area contributed by atoms with Gasteiger partial charge < -0.3 is 9.80 Å². The molecule has 0 bridgehead atoms. The number of halogens is 2. The summed E-state index contributed by atoms with van der Waals surface area (Å²) in [5.74, 6) is -0.587. The fraction of sp³-hybridized carbons (Fsp3) is 0.0800. The first-order valence-corrected chi connectivity index (χ1v) is 27.4. The molecule has 0 aliphatic heterocycles. The predicted octanol–water partition coefficient (Wildman–Crippen LogP) is 20.7. The lowest BCUT2D eigenvalue weighted by molar-refractivity contribution is 0.628. The van der Waals surface area contributed by atoms with Gasteiger partial charge in [0.15, 0.2) is 0 Å². The van der Waals surface area contributed by atoms with Crippen LogP contribution in [0.5, 0.6) is 0 Å². The molecular weight excluding hydrogens is 981 g/mol. The van der Waals surface area contributed by atoms with Crippen molar-refractivity contribution in [1.29, 1.82) is 0 Å².